The zero-order valence-corrected chi connectivity index (χ0v) is 12.9. The Kier molecular flexibility index (Phi) is 2.80. The van der Waals surface area contributed by atoms with Crippen molar-refractivity contribution < 1.29 is 19.0 Å². The molecule has 0 bridgehead atoms. The third-order valence-corrected chi connectivity index (χ3v) is 4.42. The number of aromatic hydroxyl groups is 1. The minimum Gasteiger partial charge on any atom is -0.508 e. The standard InChI is InChI=1S/C15H12BrFN2O3/c16-8-1-3-12-10(5-8)14(7-21-15(17,18)19-14)11-6-9(20)2-4-13(11)22-12/h1-6,19-20H,7,18H2. The first-order valence-corrected chi connectivity index (χ1v) is 7.41. The van der Waals surface area contributed by atoms with E-state index in [2.05, 4.69) is 21.2 Å². The smallest absolute Gasteiger partial charge is 0.327 e. The summed E-state index contributed by atoms with van der Waals surface area (Å²) in [4.78, 5) is 0. The van der Waals surface area contributed by atoms with Crippen molar-refractivity contribution in [1.82, 2.24) is 5.32 Å². The quantitative estimate of drug-likeness (QED) is 0.625. The third kappa shape index (κ3) is 1.94. The molecule has 22 heavy (non-hydrogen) atoms. The second-order valence-electron chi connectivity index (χ2n) is 5.39. The Bertz CT molecular complexity index is 730. The highest BCUT2D eigenvalue weighted by molar-refractivity contribution is 9.10. The average molecular weight is 367 g/mol. The largest absolute Gasteiger partial charge is 0.508 e. The van der Waals surface area contributed by atoms with Gasteiger partial charge in [0.1, 0.15) is 22.8 Å². The highest BCUT2D eigenvalue weighted by atomic mass is 79.9. The van der Waals surface area contributed by atoms with Gasteiger partial charge in [-0.2, -0.15) is 4.39 Å². The Hall–Kier alpha value is -1.67. The van der Waals surface area contributed by atoms with Crippen LogP contribution in [-0.4, -0.2) is 17.8 Å². The summed E-state index contributed by atoms with van der Waals surface area (Å²) in [7, 11) is 0. The van der Waals surface area contributed by atoms with E-state index in [0.717, 1.165) is 4.47 Å². The number of hydrogen-bond donors (Lipinski definition) is 3. The van der Waals surface area contributed by atoms with E-state index in [1.165, 1.54) is 12.1 Å². The number of halogens is 2. The van der Waals surface area contributed by atoms with E-state index in [-0.39, 0.29) is 12.4 Å². The van der Waals surface area contributed by atoms with Crippen LogP contribution in [0.25, 0.3) is 0 Å². The lowest BCUT2D eigenvalue weighted by molar-refractivity contribution is -0.115. The predicted octanol–water partition coefficient (Wildman–Crippen LogP) is 2.66. The molecule has 2 heterocycles. The number of alkyl halides is 1. The normalized spacial score (nSPS) is 29.0. The van der Waals surface area contributed by atoms with E-state index < -0.39 is 11.6 Å². The molecule has 2 unspecified atom stereocenters. The van der Waals surface area contributed by atoms with E-state index in [9.17, 15) is 9.50 Å². The van der Waals surface area contributed by atoms with Crippen molar-refractivity contribution in [2.24, 2.45) is 5.73 Å². The molecule has 0 amide bonds. The number of ether oxygens (including phenoxy) is 2. The predicted molar refractivity (Wildman–Crippen MR) is 80.2 cm³/mol. The molecule has 2 aliphatic rings. The van der Waals surface area contributed by atoms with Crippen molar-refractivity contribution in [1.29, 1.82) is 0 Å². The van der Waals surface area contributed by atoms with Crippen molar-refractivity contribution in [2.45, 2.75) is 11.6 Å². The monoisotopic (exact) mass is 366 g/mol. The molecular weight excluding hydrogens is 355 g/mol. The summed E-state index contributed by atoms with van der Waals surface area (Å²) < 4.78 is 25.9. The molecule has 2 atom stereocenters. The van der Waals surface area contributed by atoms with Crippen LogP contribution in [0, 0.1) is 0 Å². The van der Waals surface area contributed by atoms with Crippen LogP contribution in [-0.2, 0) is 10.3 Å². The minimum absolute atomic E-state index is 0.0245. The van der Waals surface area contributed by atoms with Gasteiger partial charge >= 0.3 is 6.10 Å². The number of benzene rings is 2. The van der Waals surface area contributed by atoms with Gasteiger partial charge in [0.2, 0.25) is 0 Å². The molecule has 5 nitrogen and oxygen atoms in total. The lowest BCUT2D eigenvalue weighted by atomic mass is 9.81. The summed E-state index contributed by atoms with van der Waals surface area (Å²) in [5, 5.41) is 12.5. The number of fused-ring (bicyclic) bond motifs is 4. The van der Waals surface area contributed by atoms with E-state index in [0.29, 0.717) is 22.6 Å². The molecule has 7 heteroatoms. The van der Waals surface area contributed by atoms with E-state index in [1.807, 2.05) is 12.1 Å². The summed E-state index contributed by atoms with van der Waals surface area (Å²) in [6, 6.07) is 10.1. The van der Waals surface area contributed by atoms with Gasteiger partial charge in [-0.05, 0) is 36.4 Å². The Morgan fingerprint density at radius 1 is 1.18 bits per heavy atom. The number of hydrogen-bond acceptors (Lipinski definition) is 5. The Morgan fingerprint density at radius 2 is 1.86 bits per heavy atom. The zero-order valence-electron chi connectivity index (χ0n) is 11.3. The van der Waals surface area contributed by atoms with Crippen LogP contribution < -0.4 is 15.8 Å². The topological polar surface area (TPSA) is 76.7 Å². The summed E-state index contributed by atoms with van der Waals surface area (Å²) in [5.41, 5.74) is 5.68. The summed E-state index contributed by atoms with van der Waals surface area (Å²) in [6.07, 6.45) is -2.46. The molecular formula is C15H12BrFN2O3. The van der Waals surface area contributed by atoms with Gasteiger partial charge < -0.3 is 14.6 Å². The Balaban J connectivity index is 2.00. The van der Waals surface area contributed by atoms with Crippen molar-refractivity contribution >= 4 is 15.9 Å². The van der Waals surface area contributed by atoms with Crippen LogP contribution in [0.4, 0.5) is 4.39 Å². The SMILES string of the molecule is NC1(F)NC2(CO1)c1cc(O)ccc1Oc1ccc(Br)cc12. The van der Waals surface area contributed by atoms with Crippen LogP contribution >= 0.6 is 15.9 Å². The molecule has 0 radical (unpaired) electrons. The molecule has 2 aromatic rings. The van der Waals surface area contributed by atoms with Gasteiger partial charge in [-0.15, -0.1) is 0 Å². The van der Waals surface area contributed by atoms with Gasteiger partial charge in [0.05, 0.1) is 6.61 Å². The molecule has 1 fully saturated rings. The number of nitrogens with one attached hydrogen (secondary N) is 1. The van der Waals surface area contributed by atoms with Crippen LogP contribution in [0.1, 0.15) is 11.1 Å². The third-order valence-electron chi connectivity index (χ3n) is 3.93. The fourth-order valence-electron chi connectivity index (χ4n) is 3.00. The summed E-state index contributed by atoms with van der Waals surface area (Å²) >= 11 is 3.41. The fourth-order valence-corrected chi connectivity index (χ4v) is 3.36. The maximum absolute atomic E-state index is 14.2. The van der Waals surface area contributed by atoms with Crippen LogP contribution in [0.15, 0.2) is 40.9 Å². The molecule has 2 aliphatic heterocycles. The van der Waals surface area contributed by atoms with Crippen molar-refractivity contribution in [3.05, 3.63) is 52.0 Å². The van der Waals surface area contributed by atoms with E-state index >= 15 is 0 Å². The van der Waals surface area contributed by atoms with Gasteiger partial charge in [0, 0.05) is 15.6 Å². The minimum atomic E-state index is -2.46. The average Bonchev–Trinajstić information content (AvgIpc) is 2.78. The van der Waals surface area contributed by atoms with E-state index in [4.69, 9.17) is 15.2 Å². The van der Waals surface area contributed by atoms with Gasteiger partial charge in [-0.1, -0.05) is 15.9 Å². The zero-order chi connectivity index (χ0) is 15.5. The molecule has 0 saturated carbocycles. The lowest BCUT2D eigenvalue weighted by Gasteiger charge is -2.36. The molecule has 1 spiro atoms. The van der Waals surface area contributed by atoms with Crippen molar-refractivity contribution in [3.8, 4) is 17.2 Å². The second kappa shape index (κ2) is 4.42. The molecule has 4 rings (SSSR count). The first-order valence-electron chi connectivity index (χ1n) is 6.62. The first kappa shape index (κ1) is 14.0. The maximum atomic E-state index is 14.2. The van der Waals surface area contributed by atoms with Crippen LogP contribution in [0.2, 0.25) is 0 Å². The Morgan fingerprint density at radius 3 is 2.55 bits per heavy atom. The fraction of sp³-hybridized carbons (Fsp3) is 0.200. The van der Waals surface area contributed by atoms with Crippen molar-refractivity contribution in [2.75, 3.05) is 6.61 Å². The molecule has 0 aliphatic carbocycles. The molecule has 114 valence electrons. The van der Waals surface area contributed by atoms with Crippen molar-refractivity contribution in [3.63, 3.8) is 0 Å². The number of phenolic OH excluding ortho intramolecular Hbond substituents is 1. The lowest BCUT2D eigenvalue weighted by Crippen LogP contribution is -2.53. The number of nitrogens with two attached hydrogens (primary N) is 1. The van der Waals surface area contributed by atoms with Gasteiger partial charge in [-0.3, -0.25) is 5.73 Å². The maximum Gasteiger partial charge on any atom is 0.327 e. The highest BCUT2D eigenvalue weighted by Gasteiger charge is 2.53. The molecule has 0 aromatic heterocycles. The highest BCUT2D eigenvalue weighted by Crippen LogP contribution is 2.51. The van der Waals surface area contributed by atoms with Crippen LogP contribution in [0.5, 0.6) is 17.2 Å². The van der Waals surface area contributed by atoms with Gasteiger partial charge in [-0.25, -0.2) is 5.32 Å². The molecule has 4 N–H and O–H groups in total. The van der Waals surface area contributed by atoms with Gasteiger partial charge in [0.25, 0.3) is 0 Å². The number of phenols is 1. The second-order valence-corrected chi connectivity index (χ2v) is 6.30. The molecule has 1 saturated heterocycles. The Labute approximate surface area is 134 Å². The molecule has 2 aromatic carbocycles. The first-order chi connectivity index (χ1) is 10.4. The van der Waals surface area contributed by atoms with E-state index in [1.54, 1.807) is 12.1 Å². The van der Waals surface area contributed by atoms with Crippen LogP contribution in [0.3, 0.4) is 0 Å². The number of rotatable bonds is 0. The summed E-state index contributed by atoms with van der Waals surface area (Å²) in [5.74, 6) is 1.15. The van der Waals surface area contributed by atoms with Gasteiger partial charge in [0.15, 0.2) is 0 Å². The summed E-state index contributed by atoms with van der Waals surface area (Å²) in [6.45, 7) is -0.0245.